The molecule has 3 aromatic rings. The fraction of sp³-hybridized carbons (Fsp3) is 0.258. The highest BCUT2D eigenvalue weighted by atomic mass is 35.5. The maximum absolute atomic E-state index is 16.9. The van der Waals surface area contributed by atoms with Crippen LogP contribution in [-0.4, -0.2) is 69.4 Å². The quantitative estimate of drug-likeness (QED) is 0.134. The van der Waals surface area contributed by atoms with Crippen molar-refractivity contribution in [2.75, 3.05) is 36.0 Å². The van der Waals surface area contributed by atoms with Gasteiger partial charge in [-0.15, -0.1) is 0 Å². The highest BCUT2D eigenvalue weighted by Gasteiger charge is 2.42. The zero-order valence-corrected chi connectivity index (χ0v) is 25.1. The number of benzene rings is 2. The molecule has 2 aliphatic rings. The second-order valence-electron chi connectivity index (χ2n) is 10.8. The van der Waals surface area contributed by atoms with E-state index in [1.807, 2.05) is 0 Å². The van der Waals surface area contributed by atoms with Crippen LogP contribution in [0.15, 0.2) is 37.1 Å². The molecule has 1 aromatic heterocycles. The van der Waals surface area contributed by atoms with E-state index in [0.717, 1.165) is 12.3 Å². The lowest BCUT2D eigenvalue weighted by Gasteiger charge is -2.40. The number of anilines is 4. The van der Waals surface area contributed by atoms with Gasteiger partial charge in [-0.25, -0.2) is 4.39 Å². The number of halogens is 2. The monoisotopic (exact) mass is 618 g/mol. The van der Waals surface area contributed by atoms with Gasteiger partial charge in [0.05, 0.1) is 46.0 Å². The van der Waals surface area contributed by atoms with E-state index in [0.29, 0.717) is 22.5 Å². The average Bonchev–Trinajstić information content (AvgIpc) is 3.11. The summed E-state index contributed by atoms with van der Waals surface area (Å²) in [6, 6.07) is 4.00. The minimum atomic E-state index is -0.999. The lowest BCUT2D eigenvalue weighted by atomic mass is 9.91. The zero-order valence-electron chi connectivity index (χ0n) is 24.4. The number of piperazine rings is 1. The van der Waals surface area contributed by atoms with Gasteiger partial charge in [0.15, 0.2) is 5.82 Å². The first kappa shape index (κ1) is 30.6. The fourth-order valence-corrected chi connectivity index (χ4v) is 6.07. The Balaban J connectivity index is 1.83. The van der Waals surface area contributed by atoms with Crippen molar-refractivity contribution in [1.29, 1.82) is 10.8 Å². The van der Waals surface area contributed by atoms with Gasteiger partial charge < -0.3 is 36.7 Å². The summed E-state index contributed by atoms with van der Waals surface area (Å²) in [7, 11) is 0. The Morgan fingerprint density at radius 2 is 1.98 bits per heavy atom. The first-order chi connectivity index (χ1) is 20.9. The summed E-state index contributed by atoms with van der Waals surface area (Å²) < 4.78 is 16.9. The molecule has 1 fully saturated rings. The summed E-state index contributed by atoms with van der Waals surface area (Å²) in [6.07, 6.45) is 2.72. The Bertz CT molecular complexity index is 1760. The zero-order chi connectivity index (χ0) is 32.0. The van der Waals surface area contributed by atoms with Crippen LogP contribution in [0, 0.1) is 30.5 Å². The van der Waals surface area contributed by atoms with Crippen molar-refractivity contribution in [3.05, 3.63) is 75.8 Å². The number of pyridine rings is 1. The Kier molecular flexibility index (Phi) is 8.15. The number of hydrogen-bond acceptors (Lipinski definition) is 8. The third-order valence-electron chi connectivity index (χ3n) is 8.04. The van der Waals surface area contributed by atoms with Crippen LogP contribution < -0.4 is 16.4 Å². The fourth-order valence-electron chi connectivity index (χ4n) is 5.75. The van der Waals surface area contributed by atoms with E-state index in [1.54, 1.807) is 45.2 Å². The molecule has 0 bridgehead atoms. The Morgan fingerprint density at radius 3 is 2.64 bits per heavy atom. The molecule has 2 aliphatic heterocycles. The van der Waals surface area contributed by atoms with Crippen LogP contribution >= 0.6 is 11.6 Å². The van der Waals surface area contributed by atoms with Crippen molar-refractivity contribution in [3.63, 3.8) is 0 Å². The van der Waals surface area contributed by atoms with Crippen molar-refractivity contribution in [2.45, 2.75) is 32.9 Å². The topological polar surface area (TPSA) is 172 Å². The number of amidine groups is 1. The number of carbonyl (C=O) groups is 2. The number of aliphatic hydroxyl groups excluding tert-OH is 1. The SMILES string of the molecule is C=CC(=O)N1CCN2C(=N)c3c(c(F)c(-c4c(C)ccc(N)c4C=N)c(Cl)c3Nc3c(C)ccnc3C(C)O)NC(=O)C2C1. The van der Waals surface area contributed by atoms with Gasteiger partial charge in [0.2, 0.25) is 11.8 Å². The minimum Gasteiger partial charge on any atom is -0.398 e. The summed E-state index contributed by atoms with van der Waals surface area (Å²) in [4.78, 5) is 33.3. The predicted molar refractivity (Wildman–Crippen MR) is 170 cm³/mol. The van der Waals surface area contributed by atoms with Crippen molar-refractivity contribution in [3.8, 4) is 11.1 Å². The summed E-state index contributed by atoms with van der Waals surface area (Å²) in [5, 5.41) is 33.6. The third kappa shape index (κ3) is 4.95. The van der Waals surface area contributed by atoms with Crippen molar-refractivity contribution in [2.24, 2.45) is 0 Å². The molecular formula is C31H32ClFN8O3. The van der Waals surface area contributed by atoms with Crippen LogP contribution in [0.3, 0.4) is 0 Å². The number of nitrogens with zero attached hydrogens (tertiary/aromatic N) is 3. The molecule has 0 spiro atoms. The van der Waals surface area contributed by atoms with Gasteiger partial charge in [-0.2, -0.15) is 0 Å². The number of amides is 2. The van der Waals surface area contributed by atoms with Gasteiger partial charge in [-0.05, 0) is 55.7 Å². The first-order valence-corrected chi connectivity index (χ1v) is 14.2. The number of nitrogens with one attached hydrogen (secondary N) is 4. The molecule has 5 rings (SSSR count). The first-order valence-electron chi connectivity index (χ1n) is 13.8. The molecule has 0 radical (unpaired) electrons. The Labute approximate surface area is 258 Å². The lowest BCUT2D eigenvalue weighted by Crippen LogP contribution is -2.59. The molecule has 228 valence electrons. The van der Waals surface area contributed by atoms with Gasteiger partial charge in [-0.1, -0.05) is 24.2 Å². The number of carbonyl (C=O) groups excluding carboxylic acids is 2. The van der Waals surface area contributed by atoms with E-state index >= 15 is 4.39 Å². The minimum absolute atomic E-state index is 0.0200. The number of aryl methyl sites for hydroxylation is 2. The number of aromatic nitrogens is 1. The summed E-state index contributed by atoms with van der Waals surface area (Å²) in [5.74, 6) is -2.09. The van der Waals surface area contributed by atoms with Crippen LogP contribution in [-0.2, 0) is 9.59 Å². The number of rotatable bonds is 6. The summed E-state index contributed by atoms with van der Waals surface area (Å²) in [6.45, 7) is 8.87. The second kappa shape index (κ2) is 11.7. The van der Waals surface area contributed by atoms with Crippen LogP contribution in [0.4, 0.5) is 27.1 Å². The van der Waals surface area contributed by atoms with Crippen LogP contribution in [0.1, 0.15) is 41.0 Å². The number of fused-ring (bicyclic) bond motifs is 2. The molecule has 0 saturated carbocycles. The van der Waals surface area contributed by atoms with Crippen LogP contribution in [0.25, 0.3) is 11.1 Å². The van der Waals surface area contributed by atoms with E-state index in [9.17, 15) is 20.1 Å². The number of aliphatic hydroxyl groups is 1. The Morgan fingerprint density at radius 1 is 1.25 bits per heavy atom. The molecule has 7 N–H and O–H groups in total. The maximum Gasteiger partial charge on any atom is 0.249 e. The van der Waals surface area contributed by atoms with Gasteiger partial charge in [0.25, 0.3) is 0 Å². The Hall–Kier alpha value is -4.81. The van der Waals surface area contributed by atoms with Gasteiger partial charge in [0, 0.05) is 42.3 Å². The predicted octanol–water partition coefficient (Wildman–Crippen LogP) is 4.51. The van der Waals surface area contributed by atoms with Crippen molar-refractivity contribution >= 4 is 58.2 Å². The summed E-state index contributed by atoms with van der Waals surface area (Å²) in [5.41, 5.74) is 8.46. The molecule has 3 heterocycles. The second-order valence-corrected chi connectivity index (χ2v) is 11.1. The van der Waals surface area contributed by atoms with E-state index < -0.39 is 23.9 Å². The summed E-state index contributed by atoms with van der Waals surface area (Å²) >= 11 is 7.09. The number of hydrogen-bond donors (Lipinski definition) is 6. The van der Waals surface area contributed by atoms with E-state index in [2.05, 4.69) is 22.2 Å². The van der Waals surface area contributed by atoms with Crippen LogP contribution in [0.2, 0.25) is 5.02 Å². The molecule has 11 nitrogen and oxygen atoms in total. The van der Waals surface area contributed by atoms with E-state index in [1.165, 1.54) is 9.80 Å². The number of nitrogen functional groups attached to an aromatic ring is 1. The molecular weight excluding hydrogens is 587 g/mol. The molecule has 2 atom stereocenters. The maximum atomic E-state index is 16.9. The molecule has 1 saturated heterocycles. The molecule has 44 heavy (non-hydrogen) atoms. The highest BCUT2D eigenvalue weighted by molar-refractivity contribution is 6.38. The van der Waals surface area contributed by atoms with E-state index in [-0.39, 0.29) is 75.7 Å². The van der Waals surface area contributed by atoms with E-state index in [4.69, 9.17) is 22.7 Å². The van der Waals surface area contributed by atoms with Crippen molar-refractivity contribution in [1.82, 2.24) is 14.8 Å². The molecule has 0 aliphatic carbocycles. The third-order valence-corrected chi connectivity index (χ3v) is 8.41. The molecule has 2 unspecified atom stereocenters. The largest absolute Gasteiger partial charge is 0.398 e. The lowest BCUT2D eigenvalue weighted by molar-refractivity contribution is -0.130. The molecule has 2 aromatic carbocycles. The normalized spacial score (nSPS) is 16.8. The van der Waals surface area contributed by atoms with Gasteiger partial charge in [0.1, 0.15) is 11.9 Å². The highest BCUT2D eigenvalue weighted by Crippen LogP contribution is 2.48. The molecule has 13 heteroatoms. The standard InChI is InChI=1S/C31H32ClFN8O3/c1-5-20(43)40-10-11-41-19(13-40)31(44)39-29-23(30(41)36)28(38-26-15(3)8-9-37-27(26)16(4)42)24(32)22(25(29)33)21-14(2)6-7-18(35)17(21)12-34/h5-9,12,16,19,34,36,38,42H,1,10-11,13,35H2,2-4H3,(H,39,44). The van der Waals surface area contributed by atoms with Gasteiger partial charge >= 0.3 is 0 Å². The smallest absolute Gasteiger partial charge is 0.249 e. The van der Waals surface area contributed by atoms with Crippen LogP contribution in [0.5, 0.6) is 0 Å². The number of nitrogens with two attached hydrogens (primary N) is 1. The van der Waals surface area contributed by atoms with Crippen molar-refractivity contribution < 1.29 is 19.1 Å². The van der Waals surface area contributed by atoms with Gasteiger partial charge in [-0.3, -0.25) is 20.0 Å². The average molecular weight is 619 g/mol. The molecule has 2 amide bonds.